The third-order valence-corrected chi connectivity index (χ3v) is 3.48. The van der Waals surface area contributed by atoms with Gasteiger partial charge in [-0.05, 0) is 24.6 Å². The van der Waals surface area contributed by atoms with Crippen LogP contribution in [0.4, 0.5) is 0 Å². The number of ether oxygens (including phenoxy) is 2. The van der Waals surface area contributed by atoms with Gasteiger partial charge in [-0.2, -0.15) is 0 Å². The van der Waals surface area contributed by atoms with Gasteiger partial charge in [-0.1, -0.05) is 6.07 Å². The van der Waals surface area contributed by atoms with E-state index in [0.717, 1.165) is 17.1 Å². The summed E-state index contributed by atoms with van der Waals surface area (Å²) in [5.41, 5.74) is 2.23. The molecule has 114 valence electrons. The van der Waals surface area contributed by atoms with E-state index in [-0.39, 0.29) is 6.04 Å². The second-order valence-electron chi connectivity index (χ2n) is 4.96. The molecule has 1 aromatic heterocycles. The maximum atomic E-state index is 5.35. The Morgan fingerprint density at radius 2 is 2.14 bits per heavy atom. The lowest BCUT2D eigenvalue weighted by Crippen LogP contribution is -2.20. The Morgan fingerprint density at radius 3 is 2.76 bits per heavy atom. The summed E-state index contributed by atoms with van der Waals surface area (Å²) in [7, 11) is 5.29. The summed E-state index contributed by atoms with van der Waals surface area (Å²) >= 11 is 0. The van der Waals surface area contributed by atoms with Gasteiger partial charge in [-0.3, -0.25) is 0 Å². The molecule has 1 unspecified atom stereocenters. The molecule has 6 nitrogen and oxygen atoms in total. The van der Waals surface area contributed by atoms with Crippen LogP contribution in [0.1, 0.15) is 29.9 Å². The Labute approximate surface area is 125 Å². The lowest BCUT2D eigenvalue weighted by Gasteiger charge is -2.16. The number of nitrogens with one attached hydrogen (secondary N) is 1. The van der Waals surface area contributed by atoms with Gasteiger partial charge in [0.05, 0.1) is 20.3 Å². The van der Waals surface area contributed by atoms with E-state index in [2.05, 4.69) is 34.6 Å². The standard InChI is InChI=1S/C15H22N4O2/c1-11(16-8-15-18-17-10-19(15)2)12-5-6-14(21-4)13(7-12)9-20-3/h5-7,10-11,16H,8-9H2,1-4H3. The maximum absolute atomic E-state index is 5.35. The minimum atomic E-state index is 0.197. The number of hydrogen-bond donors (Lipinski definition) is 1. The lowest BCUT2D eigenvalue weighted by molar-refractivity contribution is 0.181. The molecule has 21 heavy (non-hydrogen) atoms. The number of hydrogen-bond acceptors (Lipinski definition) is 5. The molecule has 0 aliphatic heterocycles. The van der Waals surface area contributed by atoms with Crippen molar-refractivity contribution in [3.05, 3.63) is 41.5 Å². The fourth-order valence-corrected chi connectivity index (χ4v) is 2.17. The summed E-state index contributed by atoms with van der Waals surface area (Å²) in [6.45, 7) is 3.32. The van der Waals surface area contributed by atoms with E-state index < -0.39 is 0 Å². The van der Waals surface area contributed by atoms with Crippen molar-refractivity contribution in [3.63, 3.8) is 0 Å². The van der Waals surface area contributed by atoms with E-state index >= 15 is 0 Å². The first-order chi connectivity index (χ1) is 10.2. The summed E-state index contributed by atoms with van der Waals surface area (Å²) in [4.78, 5) is 0. The average Bonchev–Trinajstić information content (AvgIpc) is 2.90. The molecule has 0 saturated carbocycles. The summed E-state index contributed by atoms with van der Waals surface area (Å²) in [6.07, 6.45) is 1.70. The first-order valence-corrected chi connectivity index (χ1v) is 6.87. The van der Waals surface area contributed by atoms with Gasteiger partial charge in [-0.15, -0.1) is 10.2 Å². The van der Waals surface area contributed by atoms with Gasteiger partial charge in [0.1, 0.15) is 17.9 Å². The van der Waals surface area contributed by atoms with E-state index in [1.165, 1.54) is 5.56 Å². The van der Waals surface area contributed by atoms with Gasteiger partial charge in [0.2, 0.25) is 0 Å². The molecule has 0 saturated heterocycles. The van der Waals surface area contributed by atoms with Gasteiger partial charge in [0.15, 0.2) is 0 Å². The zero-order valence-corrected chi connectivity index (χ0v) is 13.0. The minimum Gasteiger partial charge on any atom is -0.496 e. The van der Waals surface area contributed by atoms with Crippen LogP contribution in [0.15, 0.2) is 24.5 Å². The molecule has 0 aliphatic carbocycles. The Balaban J connectivity index is 2.06. The van der Waals surface area contributed by atoms with Crippen molar-refractivity contribution in [2.75, 3.05) is 14.2 Å². The Hall–Kier alpha value is -1.92. The normalized spacial score (nSPS) is 12.4. The highest BCUT2D eigenvalue weighted by Gasteiger charge is 2.10. The molecule has 0 aliphatic rings. The van der Waals surface area contributed by atoms with Crippen LogP contribution in [-0.2, 0) is 24.9 Å². The zero-order chi connectivity index (χ0) is 15.2. The molecule has 1 aromatic carbocycles. The second kappa shape index (κ2) is 7.19. The van der Waals surface area contributed by atoms with E-state index in [1.807, 2.05) is 17.7 Å². The van der Waals surface area contributed by atoms with E-state index in [0.29, 0.717) is 13.2 Å². The van der Waals surface area contributed by atoms with Crippen molar-refractivity contribution < 1.29 is 9.47 Å². The topological polar surface area (TPSA) is 61.2 Å². The molecular formula is C15H22N4O2. The Morgan fingerprint density at radius 1 is 1.33 bits per heavy atom. The molecule has 1 N–H and O–H groups in total. The summed E-state index contributed by atoms with van der Waals surface area (Å²) in [5.74, 6) is 1.76. The second-order valence-corrected chi connectivity index (χ2v) is 4.96. The summed E-state index contributed by atoms with van der Waals surface area (Å²) in [5, 5.41) is 11.4. The van der Waals surface area contributed by atoms with Crippen molar-refractivity contribution in [2.45, 2.75) is 26.1 Å². The molecule has 2 aromatic rings. The molecule has 1 heterocycles. The number of benzene rings is 1. The molecule has 0 bridgehead atoms. The fourth-order valence-electron chi connectivity index (χ4n) is 2.17. The quantitative estimate of drug-likeness (QED) is 0.843. The largest absolute Gasteiger partial charge is 0.496 e. The molecule has 6 heteroatoms. The maximum Gasteiger partial charge on any atom is 0.146 e. The van der Waals surface area contributed by atoms with E-state index in [4.69, 9.17) is 9.47 Å². The molecule has 0 fully saturated rings. The van der Waals surface area contributed by atoms with E-state index in [1.54, 1.807) is 20.5 Å². The monoisotopic (exact) mass is 290 g/mol. The predicted molar refractivity (Wildman–Crippen MR) is 80.0 cm³/mol. The first kappa shape index (κ1) is 15.5. The average molecular weight is 290 g/mol. The van der Waals surface area contributed by atoms with Gasteiger partial charge < -0.3 is 19.4 Å². The number of methoxy groups -OCH3 is 2. The number of aromatic nitrogens is 3. The first-order valence-electron chi connectivity index (χ1n) is 6.87. The van der Waals surface area contributed by atoms with Crippen LogP contribution in [0.2, 0.25) is 0 Å². The molecule has 0 amide bonds. The van der Waals surface area contributed by atoms with Crippen molar-refractivity contribution in [3.8, 4) is 5.75 Å². The molecule has 0 spiro atoms. The number of nitrogens with zero attached hydrogens (tertiary/aromatic N) is 3. The fraction of sp³-hybridized carbons (Fsp3) is 0.467. The van der Waals surface area contributed by atoms with Gasteiger partial charge >= 0.3 is 0 Å². The molecule has 2 rings (SSSR count). The van der Waals surface area contributed by atoms with Gasteiger partial charge in [0.25, 0.3) is 0 Å². The Kier molecular flexibility index (Phi) is 5.30. The number of rotatable bonds is 7. The van der Waals surface area contributed by atoms with Crippen LogP contribution >= 0.6 is 0 Å². The third kappa shape index (κ3) is 3.80. The predicted octanol–water partition coefficient (Wildman–Crippen LogP) is 1.82. The third-order valence-electron chi connectivity index (χ3n) is 3.48. The van der Waals surface area contributed by atoms with Crippen LogP contribution < -0.4 is 10.1 Å². The lowest BCUT2D eigenvalue weighted by atomic mass is 10.0. The number of aryl methyl sites for hydroxylation is 1. The molecular weight excluding hydrogens is 268 g/mol. The van der Waals surface area contributed by atoms with Crippen LogP contribution in [0, 0.1) is 0 Å². The summed E-state index contributed by atoms with van der Waals surface area (Å²) in [6, 6.07) is 6.34. The summed E-state index contributed by atoms with van der Waals surface area (Å²) < 4.78 is 12.5. The smallest absolute Gasteiger partial charge is 0.146 e. The molecule has 1 atom stereocenters. The zero-order valence-electron chi connectivity index (χ0n) is 13.0. The minimum absolute atomic E-state index is 0.197. The van der Waals surface area contributed by atoms with E-state index in [9.17, 15) is 0 Å². The van der Waals surface area contributed by atoms with Crippen molar-refractivity contribution in [1.82, 2.24) is 20.1 Å². The van der Waals surface area contributed by atoms with Gasteiger partial charge in [0, 0.05) is 25.8 Å². The van der Waals surface area contributed by atoms with Crippen LogP contribution in [0.25, 0.3) is 0 Å². The Bertz CT molecular complexity index is 583. The highest BCUT2D eigenvalue weighted by molar-refractivity contribution is 5.38. The molecule has 0 radical (unpaired) electrons. The SMILES string of the molecule is COCc1cc(C(C)NCc2nncn2C)ccc1OC. The van der Waals surface area contributed by atoms with Crippen molar-refractivity contribution in [2.24, 2.45) is 7.05 Å². The van der Waals surface area contributed by atoms with Crippen LogP contribution in [-0.4, -0.2) is 29.0 Å². The highest BCUT2D eigenvalue weighted by atomic mass is 16.5. The van der Waals surface area contributed by atoms with Crippen molar-refractivity contribution >= 4 is 0 Å². The van der Waals surface area contributed by atoms with Crippen LogP contribution in [0.5, 0.6) is 5.75 Å². The van der Waals surface area contributed by atoms with Crippen LogP contribution in [0.3, 0.4) is 0 Å². The van der Waals surface area contributed by atoms with Crippen molar-refractivity contribution in [1.29, 1.82) is 0 Å². The highest BCUT2D eigenvalue weighted by Crippen LogP contribution is 2.24. The van der Waals surface area contributed by atoms with Gasteiger partial charge in [-0.25, -0.2) is 0 Å².